The van der Waals surface area contributed by atoms with Crippen LogP contribution in [0.2, 0.25) is 0 Å². The van der Waals surface area contributed by atoms with E-state index in [1.54, 1.807) is 4.57 Å². The lowest BCUT2D eigenvalue weighted by molar-refractivity contribution is 0.463. The van der Waals surface area contributed by atoms with Crippen molar-refractivity contribution in [3.63, 3.8) is 0 Å². The molecule has 0 aliphatic rings. The van der Waals surface area contributed by atoms with Crippen LogP contribution in [0.15, 0.2) is 69.9 Å². The number of hydrogen-bond donors (Lipinski definition) is 0. The summed E-state index contributed by atoms with van der Waals surface area (Å²) in [6.07, 6.45) is 0. The van der Waals surface area contributed by atoms with Crippen molar-refractivity contribution >= 4 is 0 Å². The van der Waals surface area contributed by atoms with Crippen molar-refractivity contribution in [2.24, 2.45) is 0 Å². The zero-order chi connectivity index (χ0) is 14.8. The average Bonchev–Trinajstić information content (AvgIpc) is 2.86. The molecule has 0 saturated heterocycles. The Kier molecular flexibility index (Phi) is 3.48. The predicted molar refractivity (Wildman–Crippen MR) is 84.2 cm³/mol. The van der Waals surface area contributed by atoms with Crippen molar-refractivity contribution in [3.8, 4) is 22.6 Å². The Morgan fingerprint density at radius 2 is 1.38 bits per heavy atom. The summed E-state index contributed by atoms with van der Waals surface area (Å²) in [4.78, 5) is 12.2. The summed E-state index contributed by atoms with van der Waals surface area (Å²) in [7, 11) is 0. The fraction of sp³-hybridized carbons (Fsp3) is 0.167. The van der Waals surface area contributed by atoms with E-state index in [0.29, 0.717) is 5.76 Å². The molecule has 0 fully saturated rings. The second kappa shape index (κ2) is 5.44. The normalized spacial score (nSPS) is 11.0. The molecule has 0 unspecified atom stereocenters. The van der Waals surface area contributed by atoms with Gasteiger partial charge in [0.05, 0.1) is 5.69 Å². The molecule has 106 valence electrons. The van der Waals surface area contributed by atoms with Crippen LogP contribution >= 0.6 is 0 Å². The maximum atomic E-state index is 12.2. The third kappa shape index (κ3) is 2.42. The van der Waals surface area contributed by atoms with Gasteiger partial charge in [-0.1, -0.05) is 60.7 Å². The highest BCUT2D eigenvalue weighted by Gasteiger charge is 2.21. The van der Waals surface area contributed by atoms with E-state index >= 15 is 0 Å². The molecule has 3 nitrogen and oxygen atoms in total. The van der Waals surface area contributed by atoms with Gasteiger partial charge in [-0.15, -0.1) is 0 Å². The number of nitrogens with zero attached hydrogens (tertiary/aromatic N) is 1. The first-order valence-corrected chi connectivity index (χ1v) is 7.04. The van der Waals surface area contributed by atoms with Gasteiger partial charge in [-0.25, -0.2) is 4.79 Å². The molecule has 0 radical (unpaired) electrons. The fourth-order valence-electron chi connectivity index (χ4n) is 2.51. The van der Waals surface area contributed by atoms with E-state index in [1.165, 1.54) is 0 Å². The third-order valence-corrected chi connectivity index (χ3v) is 3.44. The van der Waals surface area contributed by atoms with E-state index in [2.05, 4.69) is 0 Å². The second-order valence-corrected chi connectivity index (χ2v) is 5.24. The molecular weight excluding hydrogens is 262 g/mol. The smallest absolute Gasteiger partial charge is 0.407 e. The predicted octanol–water partition coefficient (Wildman–Crippen LogP) is 4.36. The van der Waals surface area contributed by atoms with Gasteiger partial charge in [-0.05, 0) is 13.8 Å². The molecule has 0 atom stereocenters. The molecule has 3 aromatic rings. The molecule has 0 amide bonds. The number of oxazole rings is 1. The van der Waals surface area contributed by atoms with Crippen LogP contribution < -0.4 is 5.76 Å². The van der Waals surface area contributed by atoms with E-state index in [4.69, 9.17) is 4.42 Å². The van der Waals surface area contributed by atoms with Crippen LogP contribution in [0.4, 0.5) is 0 Å². The van der Waals surface area contributed by atoms with Crippen LogP contribution in [0, 0.1) is 0 Å². The Morgan fingerprint density at radius 3 is 1.90 bits per heavy atom. The van der Waals surface area contributed by atoms with Crippen LogP contribution in [0.25, 0.3) is 22.6 Å². The Morgan fingerprint density at radius 1 is 0.857 bits per heavy atom. The van der Waals surface area contributed by atoms with Gasteiger partial charge < -0.3 is 4.42 Å². The van der Waals surface area contributed by atoms with E-state index in [9.17, 15) is 4.79 Å². The lowest BCUT2D eigenvalue weighted by atomic mass is 10.1. The van der Waals surface area contributed by atoms with Crippen LogP contribution in [-0.2, 0) is 0 Å². The number of hydrogen-bond acceptors (Lipinski definition) is 2. The summed E-state index contributed by atoms with van der Waals surface area (Å²) in [6.45, 7) is 3.97. The van der Waals surface area contributed by atoms with Crippen molar-refractivity contribution in [1.82, 2.24) is 4.57 Å². The molecule has 3 heteroatoms. The Bertz CT molecular complexity index is 783. The highest BCUT2D eigenvalue weighted by atomic mass is 16.4. The number of benzene rings is 2. The van der Waals surface area contributed by atoms with Gasteiger partial charge >= 0.3 is 5.76 Å². The van der Waals surface area contributed by atoms with Gasteiger partial charge in [0.2, 0.25) is 0 Å². The van der Waals surface area contributed by atoms with Crippen LogP contribution in [-0.4, -0.2) is 4.57 Å². The maximum absolute atomic E-state index is 12.2. The highest BCUT2D eigenvalue weighted by molar-refractivity contribution is 5.77. The number of aromatic nitrogens is 1. The topological polar surface area (TPSA) is 35.1 Å². The molecule has 1 aromatic heterocycles. The largest absolute Gasteiger partial charge is 0.420 e. The molecule has 0 spiro atoms. The van der Waals surface area contributed by atoms with Crippen LogP contribution in [0.5, 0.6) is 0 Å². The van der Waals surface area contributed by atoms with Crippen LogP contribution in [0.3, 0.4) is 0 Å². The van der Waals surface area contributed by atoms with Gasteiger partial charge in [0, 0.05) is 17.2 Å². The molecule has 0 saturated carbocycles. The summed E-state index contributed by atoms with van der Waals surface area (Å²) in [5.74, 6) is 0.309. The average molecular weight is 279 g/mol. The second-order valence-electron chi connectivity index (χ2n) is 5.24. The Hall–Kier alpha value is -2.55. The summed E-state index contributed by atoms with van der Waals surface area (Å²) in [5.41, 5.74) is 2.73. The Balaban J connectivity index is 2.32. The minimum atomic E-state index is -0.317. The summed E-state index contributed by atoms with van der Waals surface area (Å²) < 4.78 is 7.26. The van der Waals surface area contributed by atoms with Crippen molar-refractivity contribution in [2.45, 2.75) is 19.9 Å². The lowest BCUT2D eigenvalue weighted by Crippen LogP contribution is -2.17. The zero-order valence-electron chi connectivity index (χ0n) is 12.1. The molecule has 3 rings (SSSR count). The van der Waals surface area contributed by atoms with Crippen LogP contribution in [0.1, 0.15) is 19.9 Å². The standard InChI is InChI=1S/C18H17NO2/c1-13(2)19-16(14-9-5-3-6-10-14)17(21-18(19)20)15-11-7-4-8-12-15/h3-13H,1-2H3. The first-order chi connectivity index (χ1) is 10.2. The highest BCUT2D eigenvalue weighted by Crippen LogP contribution is 2.32. The SMILES string of the molecule is CC(C)n1c(-c2ccccc2)c(-c2ccccc2)oc1=O. The van der Waals surface area contributed by atoms with E-state index < -0.39 is 0 Å². The van der Waals surface area contributed by atoms with E-state index in [0.717, 1.165) is 16.8 Å². The molecule has 0 aliphatic heterocycles. The fourth-order valence-corrected chi connectivity index (χ4v) is 2.51. The van der Waals surface area contributed by atoms with E-state index in [-0.39, 0.29) is 11.8 Å². The first-order valence-electron chi connectivity index (χ1n) is 7.04. The summed E-state index contributed by atoms with van der Waals surface area (Å²) in [6, 6.07) is 19.7. The molecular formula is C18H17NO2. The van der Waals surface area contributed by atoms with Crippen molar-refractivity contribution in [1.29, 1.82) is 0 Å². The monoisotopic (exact) mass is 279 g/mol. The summed E-state index contributed by atoms with van der Waals surface area (Å²) in [5, 5.41) is 0. The maximum Gasteiger partial charge on any atom is 0.420 e. The van der Waals surface area contributed by atoms with Gasteiger partial charge in [0.25, 0.3) is 0 Å². The molecule has 0 N–H and O–H groups in total. The van der Waals surface area contributed by atoms with Crippen molar-refractivity contribution in [3.05, 3.63) is 71.2 Å². The van der Waals surface area contributed by atoms with Gasteiger partial charge in [0.15, 0.2) is 5.76 Å². The molecule has 0 bridgehead atoms. The molecule has 2 aromatic carbocycles. The van der Waals surface area contributed by atoms with Crippen molar-refractivity contribution in [2.75, 3.05) is 0 Å². The number of rotatable bonds is 3. The third-order valence-electron chi connectivity index (χ3n) is 3.44. The van der Waals surface area contributed by atoms with E-state index in [1.807, 2.05) is 74.5 Å². The van der Waals surface area contributed by atoms with Gasteiger partial charge in [-0.2, -0.15) is 0 Å². The zero-order valence-corrected chi connectivity index (χ0v) is 12.1. The Labute approximate surface area is 123 Å². The first kappa shape index (κ1) is 13.4. The minimum absolute atomic E-state index is 0.0360. The van der Waals surface area contributed by atoms with Crippen molar-refractivity contribution < 1.29 is 4.42 Å². The quantitative estimate of drug-likeness (QED) is 0.714. The summed E-state index contributed by atoms with van der Waals surface area (Å²) >= 11 is 0. The lowest BCUT2D eigenvalue weighted by Gasteiger charge is -2.11. The van der Waals surface area contributed by atoms with Gasteiger partial charge in [0.1, 0.15) is 0 Å². The molecule has 0 aliphatic carbocycles. The molecule has 21 heavy (non-hydrogen) atoms. The minimum Gasteiger partial charge on any atom is -0.407 e. The molecule has 1 heterocycles. The van der Waals surface area contributed by atoms with Gasteiger partial charge in [-0.3, -0.25) is 4.57 Å².